The van der Waals surface area contributed by atoms with Gasteiger partial charge in [0.15, 0.2) is 0 Å². The summed E-state index contributed by atoms with van der Waals surface area (Å²) in [6, 6.07) is 9.67. The third-order valence-corrected chi connectivity index (χ3v) is 4.86. The second-order valence-electron chi connectivity index (χ2n) is 7.05. The number of rotatable bonds is 5. The van der Waals surface area contributed by atoms with Crippen LogP contribution in [0.25, 0.3) is 0 Å². The molecule has 1 aromatic heterocycles. The van der Waals surface area contributed by atoms with Crippen molar-refractivity contribution in [3.8, 4) is 0 Å². The van der Waals surface area contributed by atoms with Gasteiger partial charge in [-0.15, -0.1) is 0 Å². The molecule has 1 fully saturated rings. The number of anilines is 2. The predicted molar refractivity (Wildman–Crippen MR) is 106 cm³/mol. The summed E-state index contributed by atoms with van der Waals surface area (Å²) in [7, 11) is 0. The topological polar surface area (TPSA) is 74.3 Å². The first-order chi connectivity index (χ1) is 13.5. The normalized spacial score (nSPS) is 14.4. The van der Waals surface area contributed by atoms with Crippen molar-refractivity contribution in [2.75, 3.05) is 10.6 Å². The number of carbonyl (C=O) groups excluding carboxylic acids is 2. The fourth-order valence-electron chi connectivity index (χ4n) is 3.51. The van der Waals surface area contributed by atoms with E-state index in [2.05, 4.69) is 15.6 Å². The molecule has 3 rings (SSSR count). The molecule has 1 aliphatic rings. The van der Waals surface area contributed by atoms with Gasteiger partial charge in [0, 0.05) is 24.8 Å². The first-order valence-electron chi connectivity index (χ1n) is 9.57. The van der Waals surface area contributed by atoms with Crippen molar-refractivity contribution in [2.45, 2.75) is 51.6 Å². The molecule has 1 heterocycles. The van der Waals surface area contributed by atoms with Crippen molar-refractivity contribution >= 4 is 23.3 Å². The molecule has 148 valence electrons. The van der Waals surface area contributed by atoms with E-state index in [1.165, 1.54) is 31.5 Å². The van der Waals surface area contributed by atoms with Gasteiger partial charge in [-0.05, 0) is 43.2 Å². The Morgan fingerprint density at radius 1 is 1.14 bits per heavy atom. The highest BCUT2D eigenvalue weighted by Gasteiger charge is 2.26. The molecular formula is C21H25FN4O2. The molecule has 1 aromatic carbocycles. The van der Waals surface area contributed by atoms with Crippen molar-refractivity contribution in [3.63, 3.8) is 0 Å². The van der Waals surface area contributed by atoms with Crippen LogP contribution in [0.2, 0.25) is 0 Å². The van der Waals surface area contributed by atoms with Crippen LogP contribution in [-0.2, 0) is 11.3 Å². The quantitative estimate of drug-likeness (QED) is 0.794. The second kappa shape index (κ2) is 9.30. The number of amides is 3. The van der Waals surface area contributed by atoms with Crippen LogP contribution in [0.5, 0.6) is 0 Å². The fourth-order valence-corrected chi connectivity index (χ4v) is 3.51. The van der Waals surface area contributed by atoms with E-state index in [0.717, 1.165) is 31.4 Å². The Labute approximate surface area is 164 Å². The number of hydrogen-bond donors (Lipinski definition) is 2. The number of hydrogen-bond acceptors (Lipinski definition) is 3. The zero-order chi connectivity index (χ0) is 19.9. The van der Waals surface area contributed by atoms with Gasteiger partial charge in [-0.2, -0.15) is 0 Å². The van der Waals surface area contributed by atoms with Crippen LogP contribution in [0.15, 0.2) is 42.6 Å². The Bertz CT molecular complexity index is 822. The summed E-state index contributed by atoms with van der Waals surface area (Å²) in [5.74, 6) is -0.924. The number of aromatic nitrogens is 1. The lowest BCUT2D eigenvalue weighted by molar-refractivity contribution is -0.114. The molecule has 0 aliphatic heterocycles. The first-order valence-corrected chi connectivity index (χ1v) is 9.57. The summed E-state index contributed by atoms with van der Waals surface area (Å²) in [5, 5.41) is 5.27. The minimum atomic E-state index is -0.550. The number of halogens is 1. The number of carbonyl (C=O) groups is 2. The molecular weight excluding hydrogens is 359 g/mol. The van der Waals surface area contributed by atoms with Gasteiger partial charge in [-0.1, -0.05) is 25.3 Å². The van der Waals surface area contributed by atoms with Crippen LogP contribution in [0, 0.1) is 5.82 Å². The maximum absolute atomic E-state index is 13.9. The lowest BCUT2D eigenvalue weighted by Gasteiger charge is -2.34. The molecule has 0 unspecified atom stereocenters. The van der Waals surface area contributed by atoms with Gasteiger partial charge in [-0.25, -0.2) is 9.18 Å². The molecule has 28 heavy (non-hydrogen) atoms. The molecule has 0 radical (unpaired) electrons. The van der Waals surface area contributed by atoms with Crippen molar-refractivity contribution in [1.82, 2.24) is 9.88 Å². The van der Waals surface area contributed by atoms with Crippen LogP contribution in [0.4, 0.5) is 20.6 Å². The molecule has 3 amide bonds. The Hall–Kier alpha value is -2.96. The summed E-state index contributed by atoms with van der Waals surface area (Å²) >= 11 is 0. The predicted octanol–water partition coefficient (Wildman–Crippen LogP) is 4.55. The van der Waals surface area contributed by atoms with E-state index in [1.54, 1.807) is 6.20 Å². The van der Waals surface area contributed by atoms with Gasteiger partial charge >= 0.3 is 6.03 Å². The van der Waals surface area contributed by atoms with Gasteiger partial charge in [0.1, 0.15) is 5.82 Å². The molecule has 7 heteroatoms. The highest BCUT2D eigenvalue weighted by Crippen LogP contribution is 2.25. The van der Waals surface area contributed by atoms with Crippen molar-refractivity contribution < 1.29 is 14.0 Å². The SMILES string of the molecule is CC(=O)Nc1cc(NC(=O)N(Cc2ccccn2)C2CCCCC2)ccc1F. The minimum absolute atomic E-state index is 0.0410. The number of nitrogens with zero attached hydrogens (tertiary/aromatic N) is 2. The highest BCUT2D eigenvalue weighted by molar-refractivity contribution is 5.92. The summed E-state index contributed by atoms with van der Waals surface area (Å²) in [6.45, 7) is 1.72. The Morgan fingerprint density at radius 3 is 2.61 bits per heavy atom. The number of urea groups is 1. The van der Waals surface area contributed by atoms with Crippen LogP contribution in [0.1, 0.15) is 44.7 Å². The Balaban J connectivity index is 1.77. The molecule has 0 spiro atoms. The molecule has 6 nitrogen and oxygen atoms in total. The molecule has 1 aliphatic carbocycles. The van der Waals surface area contributed by atoms with E-state index >= 15 is 0 Å². The summed E-state index contributed by atoms with van der Waals surface area (Å²) in [5.41, 5.74) is 1.29. The van der Waals surface area contributed by atoms with Gasteiger partial charge < -0.3 is 15.5 Å². The van der Waals surface area contributed by atoms with Crippen LogP contribution >= 0.6 is 0 Å². The van der Waals surface area contributed by atoms with E-state index in [9.17, 15) is 14.0 Å². The highest BCUT2D eigenvalue weighted by atomic mass is 19.1. The van der Waals surface area contributed by atoms with Crippen LogP contribution < -0.4 is 10.6 Å². The minimum Gasteiger partial charge on any atom is -0.324 e. The van der Waals surface area contributed by atoms with Crippen LogP contribution in [0.3, 0.4) is 0 Å². The van der Waals surface area contributed by atoms with Crippen molar-refractivity contribution in [3.05, 3.63) is 54.1 Å². The largest absolute Gasteiger partial charge is 0.324 e. The third-order valence-electron chi connectivity index (χ3n) is 4.86. The lowest BCUT2D eigenvalue weighted by Crippen LogP contribution is -2.43. The van der Waals surface area contributed by atoms with E-state index in [1.807, 2.05) is 23.1 Å². The average Bonchev–Trinajstić information content (AvgIpc) is 2.69. The standard InChI is InChI=1S/C21H25FN4O2/c1-15(27)24-20-13-16(10-11-19(20)22)25-21(28)26(18-8-3-2-4-9-18)14-17-7-5-6-12-23-17/h5-7,10-13,18H,2-4,8-9,14H2,1H3,(H,24,27)(H,25,28). The smallest absolute Gasteiger partial charge is 0.322 e. The van der Waals surface area contributed by atoms with E-state index < -0.39 is 5.82 Å². The molecule has 1 saturated carbocycles. The lowest BCUT2D eigenvalue weighted by atomic mass is 9.94. The number of nitrogens with one attached hydrogen (secondary N) is 2. The zero-order valence-electron chi connectivity index (χ0n) is 16.0. The van der Waals surface area contributed by atoms with E-state index in [4.69, 9.17) is 0 Å². The molecule has 0 saturated heterocycles. The third kappa shape index (κ3) is 5.28. The molecule has 2 N–H and O–H groups in total. The monoisotopic (exact) mass is 384 g/mol. The first kappa shape index (κ1) is 19.8. The van der Waals surface area contributed by atoms with Gasteiger partial charge in [0.05, 0.1) is 17.9 Å². The summed E-state index contributed by atoms with van der Waals surface area (Å²) in [6.07, 6.45) is 7.01. The Morgan fingerprint density at radius 2 is 1.93 bits per heavy atom. The van der Waals surface area contributed by atoms with Gasteiger partial charge in [0.2, 0.25) is 5.91 Å². The number of benzene rings is 1. The van der Waals surface area contributed by atoms with Gasteiger partial charge in [-0.3, -0.25) is 9.78 Å². The second-order valence-corrected chi connectivity index (χ2v) is 7.05. The maximum atomic E-state index is 13.9. The van der Waals surface area contributed by atoms with Gasteiger partial charge in [0.25, 0.3) is 0 Å². The Kier molecular flexibility index (Phi) is 6.57. The van der Waals surface area contributed by atoms with Crippen molar-refractivity contribution in [1.29, 1.82) is 0 Å². The summed E-state index contributed by atoms with van der Waals surface area (Å²) < 4.78 is 13.9. The maximum Gasteiger partial charge on any atom is 0.322 e. The number of pyridine rings is 1. The zero-order valence-corrected chi connectivity index (χ0v) is 16.0. The molecule has 0 bridgehead atoms. The summed E-state index contributed by atoms with van der Waals surface area (Å²) in [4.78, 5) is 30.4. The fraction of sp³-hybridized carbons (Fsp3) is 0.381. The molecule has 0 atom stereocenters. The van der Waals surface area contributed by atoms with Crippen molar-refractivity contribution in [2.24, 2.45) is 0 Å². The molecule has 2 aromatic rings. The average molecular weight is 384 g/mol. The van der Waals surface area contributed by atoms with E-state index in [0.29, 0.717) is 12.2 Å². The van der Waals surface area contributed by atoms with E-state index in [-0.39, 0.29) is 23.7 Å². The van der Waals surface area contributed by atoms with Crippen LogP contribution in [-0.4, -0.2) is 27.9 Å².